The molecule has 9 heteroatoms. The second-order valence-corrected chi connectivity index (χ2v) is 4.05. The van der Waals surface area contributed by atoms with Crippen molar-refractivity contribution in [3.63, 3.8) is 0 Å². The average molecular weight is 270 g/mol. The fourth-order valence-electron chi connectivity index (χ4n) is 1.74. The number of carbonyl (C=O) groups is 2. The summed E-state index contributed by atoms with van der Waals surface area (Å²) in [6.45, 7) is -1.55. The van der Waals surface area contributed by atoms with Crippen molar-refractivity contribution < 1.29 is 33.0 Å². The number of aliphatic carboxylic acids is 1. The van der Waals surface area contributed by atoms with Crippen molar-refractivity contribution >= 4 is 11.9 Å². The highest BCUT2D eigenvalue weighted by atomic mass is 19.4. The van der Waals surface area contributed by atoms with E-state index in [4.69, 9.17) is 10.2 Å². The number of aliphatic hydroxyl groups excluding tert-OH is 1. The van der Waals surface area contributed by atoms with Gasteiger partial charge in [0, 0.05) is 6.54 Å². The summed E-state index contributed by atoms with van der Waals surface area (Å²) in [7, 11) is 0. The monoisotopic (exact) mass is 270 g/mol. The lowest BCUT2D eigenvalue weighted by atomic mass is 9.85. The van der Waals surface area contributed by atoms with Gasteiger partial charge in [-0.3, -0.25) is 4.79 Å². The first kappa shape index (κ1) is 14.7. The molecule has 4 N–H and O–H groups in total. The lowest BCUT2D eigenvalue weighted by Gasteiger charge is -2.30. The van der Waals surface area contributed by atoms with Crippen LogP contribution in [0.4, 0.5) is 13.2 Å². The number of rotatable bonds is 4. The summed E-state index contributed by atoms with van der Waals surface area (Å²) in [6, 6.07) is -1.74. The van der Waals surface area contributed by atoms with Gasteiger partial charge in [0.05, 0.1) is 6.61 Å². The van der Waals surface area contributed by atoms with Gasteiger partial charge < -0.3 is 20.8 Å². The Morgan fingerprint density at radius 1 is 1.44 bits per heavy atom. The van der Waals surface area contributed by atoms with Crippen molar-refractivity contribution in [2.45, 2.75) is 18.6 Å². The van der Waals surface area contributed by atoms with E-state index in [9.17, 15) is 22.8 Å². The van der Waals surface area contributed by atoms with Gasteiger partial charge in [-0.1, -0.05) is 0 Å². The molecule has 0 aromatic carbocycles. The molecule has 0 aliphatic carbocycles. The maximum atomic E-state index is 12.9. The van der Waals surface area contributed by atoms with Crippen LogP contribution in [0.2, 0.25) is 0 Å². The van der Waals surface area contributed by atoms with E-state index in [2.05, 4.69) is 5.32 Å². The van der Waals surface area contributed by atoms with Crippen LogP contribution in [0.3, 0.4) is 0 Å². The van der Waals surface area contributed by atoms with Crippen LogP contribution < -0.4 is 10.6 Å². The second kappa shape index (κ2) is 5.11. The van der Waals surface area contributed by atoms with Crippen molar-refractivity contribution in [2.75, 3.05) is 19.7 Å². The van der Waals surface area contributed by atoms with Crippen LogP contribution in [0.5, 0.6) is 0 Å². The number of hydrogen-bond acceptors (Lipinski definition) is 4. The van der Waals surface area contributed by atoms with E-state index < -0.39 is 49.1 Å². The average Bonchev–Trinajstić information content (AvgIpc) is 2.74. The molecule has 1 amide bonds. The minimum atomic E-state index is -4.78. The van der Waals surface area contributed by atoms with Crippen LogP contribution in [0.25, 0.3) is 0 Å². The SMILES string of the molecule is O=C(O)[C@@H](CO)NC(=O)C1(C(F)(F)F)CCNC1. The van der Waals surface area contributed by atoms with E-state index in [-0.39, 0.29) is 6.54 Å². The molecule has 0 radical (unpaired) electrons. The molecule has 0 saturated carbocycles. The zero-order valence-corrected chi connectivity index (χ0v) is 9.25. The number of carboxylic acids is 1. The van der Waals surface area contributed by atoms with Crippen LogP contribution >= 0.6 is 0 Å². The Hall–Kier alpha value is -1.35. The van der Waals surface area contributed by atoms with Gasteiger partial charge in [-0.05, 0) is 13.0 Å². The quantitative estimate of drug-likeness (QED) is 0.530. The third kappa shape index (κ3) is 2.56. The molecule has 0 bridgehead atoms. The lowest BCUT2D eigenvalue weighted by Crippen LogP contribution is -2.56. The molecule has 18 heavy (non-hydrogen) atoms. The number of alkyl halides is 3. The van der Waals surface area contributed by atoms with Gasteiger partial charge in [-0.25, -0.2) is 4.79 Å². The number of hydrogen-bond donors (Lipinski definition) is 4. The minimum Gasteiger partial charge on any atom is -0.480 e. The molecule has 0 aromatic heterocycles. The fraction of sp³-hybridized carbons (Fsp3) is 0.778. The zero-order chi connectivity index (χ0) is 14.0. The van der Waals surface area contributed by atoms with E-state index in [1.807, 2.05) is 0 Å². The third-order valence-electron chi connectivity index (χ3n) is 2.92. The molecule has 0 spiro atoms. The highest BCUT2D eigenvalue weighted by Crippen LogP contribution is 2.43. The Bertz CT molecular complexity index is 339. The Balaban J connectivity index is 2.88. The van der Waals surface area contributed by atoms with Gasteiger partial charge in [0.2, 0.25) is 5.91 Å². The van der Waals surface area contributed by atoms with Gasteiger partial charge in [-0.15, -0.1) is 0 Å². The molecule has 0 aromatic rings. The van der Waals surface area contributed by atoms with Crippen LogP contribution in [0.1, 0.15) is 6.42 Å². The van der Waals surface area contributed by atoms with Gasteiger partial charge in [0.1, 0.15) is 6.04 Å². The first-order valence-electron chi connectivity index (χ1n) is 5.16. The highest BCUT2D eigenvalue weighted by molar-refractivity contribution is 5.88. The van der Waals surface area contributed by atoms with Crippen molar-refractivity contribution in [3.8, 4) is 0 Å². The Kier molecular flexibility index (Phi) is 4.17. The summed E-state index contributed by atoms with van der Waals surface area (Å²) in [5.41, 5.74) is -2.63. The summed E-state index contributed by atoms with van der Waals surface area (Å²) < 4.78 is 38.7. The van der Waals surface area contributed by atoms with Crippen LogP contribution in [-0.2, 0) is 9.59 Å². The molecule has 1 fully saturated rings. The summed E-state index contributed by atoms with van der Waals surface area (Å²) in [5.74, 6) is -3.02. The van der Waals surface area contributed by atoms with Crippen molar-refractivity contribution in [1.29, 1.82) is 0 Å². The molecule has 1 saturated heterocycles. The maximum absolute atomic E-state index is 12.9. The molecule has 1 unspecified atom stereocenters. The molecular formula is C9H13F3N2O4. The summed E-state index contributed by atoms with van der Waals surface area (Å²) in [4.78, 5) is 22.2. The highest BCUT2D eigenvalue weighted by Gasteiger charge is 2.61. The molecular weight excluding hydrogens is 257 g/mol. The van der Waals surface area contributed by atoms with E-state index in [1.54, 1.807) is 5.32 Å². The largest absolute Gasteiger partial charge is 0.480 e. The topological polar surface area (TPSA) is 98.7 Å². The Labute approximate surface area is 100 Å². The smallest absolute Gasteiger partial charge is 0.404 e. The van der Waals surface area contributed by atoms with Crippen LogP contribution in [-0.4, -0.2) is 54.0 Å². The van der Waals surface area contributed by atoms with Crippen LogP contribution in [0.15, 0.2) is 0 Å². The standard InChI is InChI=1S/C9H13F3N2O4/c10-9(11,12)8(1-2-13-4-8)7(18)14-5(3-15)6(16)17/h5,13,15H,1-4H2,(H,14,18)(H,16,17)/t5-,8?/m1/s1. The molecule has 1 heterocycles. The number of amides is 1. The number of aliphatic hydroxyl groups is 1. The van der Waals surface area contributed by atoms with E-state index in [1.165, 1.54) is 0 Å². The lowest BCUT2D eigenvalue weighted by molar-refractivity contribution is -0.216. The van der Waals surface area contributed by atoms with Gasteiger partial charge >= 0.3 is 12.1 Å². The normalized spacial score (nSPS) is 25.8. The van der Waals surface area contributed by atoms with Gasteiger partial charge in [0.15, 0.2) is 5.41 Å². The fourth-order valence-corrected chi connectivity index (χ4v) is 1.74. The summed E-state index contributed by atoms with van der Waals surface area (Å²) in [6.07, 6.45) is -5.24. The van der Waals surface area contributed by atoms with Crippen molar-refractivity contribution in [3.05, 3.63) is 0 Å². The van der Waals surface area contributed by atoms with E-state index in [0.29, 0.717) is 0 Å². The van der Waals surface area contributed by atoms with E-state index in [0.717, 1.165) is 0 Å². The third-order valence-corrected chi connectivity index (χ3v) is 2.92. The Morgan fingerprint density at radius 3 is 2.39 bits per heavy atom. The second-order valence-electron chi connectivity index (χ2n) is 4.05. The van der Waals surface area contributed by atoms with Gasteiger partial charge in [0.25, 0.3) is 0 Å². The predicted molar refractivity (Wildman–Crippen MR) is 52.6 cm³/mol. The van der Waals surface area contributed by atoms with Crippen LogP contribution in [0, 0.1) is 5.41 Å². The number of nitrogens with one attached hydrogen (secondary N) is 2. The van der Waals surface area contributed by atoms with E-state index >= 15 is 0 Å². The minimum absolute atomic E-state index is 0.0177. The summed E-state index contributed by atoms with van der Waals surface area (Å²) >= 11 is 0. The predicted octanol–water partition coefficient (Wildman–Crippen LogP) is -0.910. The molecule has 2 atom stereocenters. The number of halogens is 3. The maximum Gasteiger partial charge on any atom is 0.404 e. The molecule has 1 aliphatic heterocycles. The van der Waals surface area contributed by atoms with Gasteiger partial charge in [-0.2, -0.15) is 13.2 Å². The number of carbonyl (C=O) groups excluding carboxylic acids is 1. The van der Waals surface area contributed by atoms with Crippen molar-refractivity contribution in [1.82, 2.24) is 10.6 Å². The number of carboxylic acid groups (broad SMARTS) is 1. The summed E-state index contributed by atoms with van der Waals surface area (Å²) in [5, 5.41) is 21.4. The molecule has 1 rings (SSSR count). The molecule has 6 nitrogen and oxygen atoms in total. The molecule has 104 valence electrons. The Morgan fingerprint density at radius 2 is 2.06 bits per heavy atom. The first-order valence-corrected chi connectivity index (χ1v) is 5.16. The first-order chi connectivity index (χ1) is 8.24. The van der Waals surface area contributed by atoms with Crippen molar-refractivity contribution in [2.24, 2.45) is 5.41 Å². The molecule has 1 aliphatic rings. The zero-order valence-electron chi connectivity index (χ0n) is 9.25.